The lowest BCUT2D eigenvalue weighted by molar-refractivity contribution is 0.248. The molecule has 0 atom stereocenters. The lowest BCUT2D eigenvalue weighted by Crippen LogP contribution is -2.47. The van der Waals surface area contributed by atoms with Gasteiger partial charge in [0.05, 0.1) is 6.54 Å². The van der Waals surface area contributed by atoms with Crippen LogP contribution in [0.5, 0.6) is 0 Å². The molecule has 1 fully saturated rings. The molecule has 0 unspecified atom stereocenters. The quantitative estimate of drug-likeness (QED) is 0.442. The van der Waals surface area contributed by atoms with Crippen molar-refractivity contribution in [2.24, 2.45) is 14.1 Å². The van der Waals surface area contributed by atoms with Crippen molar-refractivity contribution < 1.29 is 4.39 Å². The minimum atomic E-state index is -0.414. The van der Waals surface area contributed by atoms with E-state index in [2.05, 4.69) is 41.0 Å². The molecule has 182 valence electrons. The zero-order valence-electron chi connectivity index (χ0n) is 20.2. The zero-order valence-corrected chi connectivity index (χ0v) is 20.2. The molecule has 2 aromatic heterocycles. The van der Waals surface area contributed by atoms with E-state index < -0.39 is 5.69 Å². The van der Waals surface area contributed by atoms with Crippen molar-refractivity contribution >= 4 is 17.1 Å². The van der Waals surface area contributed by atoms with Crippen molar-refractivity contribution in [3.63, 3.8) is 0 Å². The third-order valence-electron chi connectivity index (χ3n) is 6.76. The van der Waals surface area contributed by atoms with Crippen molar-refractivity contribution in [2.75, 3.05) is 31.1 Å². The van der Waals surface area contributed by atoms with E-state index in [1.165, 1.54) is 34.9 Å². The molecule has 1 aliphatic heterocycles. The largest absolute Gasteiger partial charge is 0.340 e. The zero-order chi connectivity index (χ0) is 24.7. The first-order valence-corrected chi connectivity index (χ1v) is 11.8. The summed E-state index contributed by atoms with van der Waals surface area (Å²) in [6.07, 6.45) is 0. The lowest BCUT2D eigenvalue weighted by atomic mass is 10.1. The van der Waals surface area contributed by atoms with Crippen LogP contribution in [-0.4, -0.2) is 49.8 Å². The molecule has 1 saturated heterocycles. The Morgan fingerprint density at radius 3 is 2.09 bits per heavy atom. The third-order valence-corrected chi connectivity index (χ3v) is 6.76. The lowest BCUT2D eigenvalue weighted by Gasteiger charge is -2.35. The van der Waals surface area contributed by atoms with E-state index in [1.807, 2.05) is 4.57 Å². The summed E-state index contributed by atoms with van der Waals surface area (Å²) < 4.78 is 17.9. The number of imidazole rings is 1. The highest BCUT2D eigenvalue weighted by Crippen LogP contribution is 2.23. The van der Waals surface area contributed by atoms with Crippen LogP contribution in [0.3, 0.4) is 0 Å². The van der Waals surface area contributed by atoms with E-state index in [0.717, 1.165) is 42.9 Å². The van der Waals surface area contributed by atoms with Crippen LogP contribution in [0.1, 0.15) is 16.7 Å². The number of rotatable bonds is 5. The summed E-state index contributed by atoms with van der Waals surface area (Å²) in [5.74, 6) is 0.338. The molecule has 0 saturated carbocycles. The van der Waals surface area contributed by atoms with Crippen LogP contribution in [0.2, 0.25) is 0 Å². The number of fused-ring (bicyclic) bond motifs is 1. The Morgan fingerprint density at radius 1 is 0.829 bits per heavy atom. The fraction of sp³-hybridized carbons (Fsp3) is 0.346. The standard InChI is InChI=1S/C26H29FN6O2/c1-18-4-6-19(7-5-18)16-31-12-14-32(15-13-31)25-28-23-22(24(34)30(3)26(35)29(23)2)33(25)17-20-8-10-21(27)11-9-20/h4-11H,12-17H2,1-3H3. The number of benzene rings is 2. The normalized spacial score (nSPS) is 14.7. The highest BCUT2D eigenvalue weighted by Gasteiger charge is 2.26. The Kier molecular flexibility index (Phi) is 6.02. The number of aromatic nitrogens is 4. The summed E-state index contributed by atoms with van der Waals surface area (Å²) in [4.78, 5) is 35.0. The monoisotopic (exact) mass is 476 g/mol. The summed E-state index contributed by atoms with van der Waals surface area (Å²) in [5, 5.41) is 0. The highest BCUT2D eigenvalue weighted by molar-refractivity contribution is 5.75. The van der Waals surface area contributed by atoms with Crippen molar-refractivity contribution in [3.8, 4) is 0 Å². The predicted octanol–water partition coefficient (Wildman–Crippen LogP) is 2.25. The molecule has 0 amide bonds. The van der Waals surface area contributed by atoms with Crippen LogP contribution in [0.4, 0.5) is 10.3 Å². The molecule has 0 radical (unpaired) electrons. The number of aryl methyl sites for hydroxylation is 2. The van der Waals surface area contributed by atoms with Gasteiger partial charge in [-0.05, 0) is 30.2 Å². The van der Waals surface area contributed by atoms with E-state index in [-0.39, 0.29) is 11.4 Å². The van der Waals surface area contributed by atoms with Crippen LogP contribution in [0, 0.1) is 12.7 Å². The minimum absolute atomic E-state index is 0.313. The SMILES string of the molecule is Cc1ccc(CN2CCN(c3nc4c(c(=O)n(C)c(=O)n4C)n3Cc3ccc(F)cc3)CC2)cc1. The summed E-state index contributed by atoms with van der Waals surface area (Å²) in [6.45, 7) is 6.51. The topological polar surface area (TPSA) is 68.3 Å². The van der Waals surface area contributed by atoms with E-state index in [9.17, 15) is 14.0 Å². The van der Waals surface area contributed by atoms with Gasteiger partial charge in [-0.15, -0.1) is 0 Å². The maximum Gasteiger partial charge on any atom is 0.332 e. The van der Waals surface area contributed by atoms with E-state index in [1.54, 1.807) is 19.2 Å². The highest BCUT2D eigenvalue weighted by atomic mass is 19.1. The van der Waals surface area contributed by atoms with Gasteiger partial charge in [0.1, 0.15) is 5.82 Å². The first-order chi connectivity index (χ1) is 16.8. The fourth-order valence-corrected chi connectivity index (χ4v) is 4.66. The van der Waals surface area contributed by atoms with Gasteiger partial charge in [0, 0.05) is 46.8 Å². The molecule has 1 aliphatic rings. The van der Waals surface area contributed by atoms with E-state index in [4.69, 9.17) is 4.98 Å². The van der Waals surface area contributed by atoms with Gasteiger partial charge in [-0.2, -0.15) is 4.98 Å². The molecule has 9 heteroatoms. The van der Waals surface area contributed by atoms with Crippen molar-refractivity contribution in [1.82, 2.24) is 23.6 Å². The van der Waals surface area contributed by atoms with Gasteiger partial charge >= 0.3 is 5.69 Å². The first kappa shape index (κ1) is 23.0. The average molecular weight is 477 g/mol. The van der Waals surface area contributed by atoms with Gasteiger partial charge in [0.15, 0.2) is 11.2 Å². The van der Waals surface area contributed by atoms with Gasteiger partial charge in [0.25, 0.3) is 5.56 Å². The second kappa shape index (κ2) is 9.14. The van der Waals surface area contributed by atoms with Crippen molar-refractivity contribution in [3.05, 3.63) is 91.9 Å². The molecule has 0 bridgehead atoms. The Bertz CT molecular complexity index is 1480. The van der Waals surface area contributed by atoms with Crippen LogP contribution in [0.15, 0.2) is 58.1 Å². The maximum atomic E-state index is 13.5. The van der Waals surface area contributed by atoms with Crippen LogP contribution >= 0.6 is 0 Å². The van der Waals surface area contributed by atoms with Gasteiger partial charge in [0.2, 0.25) is 5.95 Å². The van der Waals surface area contributed by atoms with E-state index in [0.29, 0.717) is 23.7 Å². The average Bonchev–Trinajstić information content (AvgIpc) is 3.24. The molecule has 4 aromatic rings. The summed E-state index contributed by atoms with van der Waals surface area (Å²) in [7, 11) is 3.10. The summed E-state index contributed by atoms with van der Waals surface area (Å²) in [6, 6.07) is 14.8. The van der Waals surface area contributed by atoms with E-state index >= 15 is 0 Å². The number of piperazine rings is 1. The summed E-state index contributed by atoms with van der Waals surface area (Å²) >= 11 is 0. The number of halogens is 1. The number of nitrogens with zero attached hydrogens (tertiary/aromatic N) is 6. The fourth-order valence-electron chi connectivity index (χ4n) is 4.66. The second-order valence-corrected chi connectivity index (χ2v) is 9.25. The molecular formula is C26H29FN6O2. The molecule has 8 nitrogen and oxygen atoms in total. The Labute approximate surface area is 202 Å². The molecule has 2 aromatic carbocycles. The van der Waals surface area contributed by atoms with Gasteiger partial charge in [-0.1, -0.05) is 42.0 Å². The third kappa shape index (κ3) is 4.39. The molecular weight excluding hydrogens is 447 g/mol. The maximum absolute atomic E-state index is 13.5. The first-order valence-electron chi connectivity index (χ1n) is 11.8. The number of hydrogen-bond acceptors (Lipinski definition) is 5. The summed E-state index contributed by atoms with van der Waals surface area (Å²) in [5.41, 5.74) is 3.31. The predicted molar refractivity (Wildman–Crippen MR) is 134 cm³/mol. The molecule has 0 spiro atoms. The van der Waals surface area contributed by atoms with Gasteiger partial charge in [-0.25, -0.2) is 9.18 Å². The molecule has 0 N–H and O–H groups in total. The van der Waals surface area contributed by atoms with Gasteiger partial charge in [-0.3, -0.25) is 23.4 Å². The van der Waals surface area contributed by atoms with Crippen molar-refractivity contribution in [2.45, 2.75) is 20.0 Å². The Hall–Kier alpha value is -3.72. The van der Waals surface area contributed by atoms with Crippen LogP contribution in [-0.2, 0) is 27.2 Å². The molecule has 5 rings (SSSR count). The molecule has 35 heavy (non-hydrogen) atoms. The van der Waals surface area contributed by atoms with Gasteiger partial charge < -0.3 is 4.90 Å². The number of anilines is 1. The Morgan fingerprint density at radius 2 is 1.43 bits per heavy atom. The smallest absolute Gasteiger partial charge is 0.332 e. The second-order valence-electron chi connectivity index (χ2n) is 9.25. The van der Waals surface area contributed by atoms with Crippen LogP contribution in [0.25, 0.3) is 11.2 Å². The minimum Gasteiger partial charge on any atom is -0.340 e. The number of hydrogen-bond donors (Lipinski definition) is 0. The van der Waals surface area contributed by atoms with Crippen molar-refractivity contribution in [1.29, 1.82) is 0 Å². The van der Waals surface area contributed by atoms with Crippen LogP contribution < -0.4 is 16.1 Å². The molecule has 0 aliphatic carbocycles. The Balaban J connectivity index is 1.48. The molecule has 3 heterocycles.